The number of anilines is 1. The molecule has 28 heavy (non-hydrogen) atoms. The minimum absolute atomic E-state index is 0.0486. The third kappa shape index (κ3) is 5.73. The molecule has 1 fully saturated rings. The summed E-state index contributed by atoms with van der Waals surface area (Å²) >= 11 is 5.96. The molecule has 148 valence electrons. The van der Waals surface area contributed by atoms with E-state index in [9.17, 15) is 9.59 Å². The molecule has 2 atom stereocenters. The lowest BCUT2D eigenvalue weighted by atomic mass is 10.0. The first-order valence-electron chi connectivity index (χ1n) is 9.60. The molecule has 1 aliphatic heterocycles. The minimum Gasteiger partial charge on any atom is -0.371 e. The standard InChI is InChI=1S/C22H26ClN3O2/c1-16(27)25-21(18-5-3-2-4-6-18)13-22(28)24-14-17-11-12-26(15-17)20-9-7-19(23)8-10-20/h2-10,17,21H,11-15H2,1H3,(H,24,28)(H,25,27). The van der Waals surface area contributed by atoms with Crippen molar-refractivity contribution < 1.29 is 9.59 Å². The van der Waals surface area contributed by atoms with Gasteiger partial charge in [0, 0.05) is 37.3 Å². The van der Waals surface area contributed by atoms with Gasteiger partial charge in [-0.1, -0.05) is 41.9 Å². The van der Waals surface area contributed by atoms with Crippen LogP contribution in [0, 0.1) is 5.92 Å². The van der Waals surface area contributed by atoms with Gasteiger partial charge >= 0.3 is 0 Å². The first-order chi connectivity index (χ1) is 13.5. The molecule has 0 radical (unpaired) electrons. The van der Waals surface area contributed by atoms with Gasteiger partial charge in [-0.3, -0.25) is 9.59 Å². The summed E-state index contributed by atoms with van der Waals surface area (Å²) in [5, 5.41) is 6.65. The Balaban J connectivity index is 1.49. The van der Waals surface area contributed by atoms with Crippen molar-refractivity contribution in [3.63, 3.8) is 0 Å². The molecule has 2 aromatic carbocycles. The lowest BCUT2D eigenvalue weighted by Crippen LogP contribution is -2.35. The Labute approximate surface area is 171 Å². The molecule has 0 saturated carbocycles. The van der Waals surface area contributed by atoms with Gasteiger partial charge in [-0.05, 0) is 42.2 Å². The summed E-state index contributed by atoms with van der Waals surface area (Å²) in [7, 11) is 0. The summed E-state index contributed by atoms with van der Waals surface area (Å²) < 4.78 is 0. The van der Waals surface area contributed by atoms with Crippen molar-refractivity contribution in [2.45, 2.75) is 25.8 Å². The number of amides is 2. The highest BCUT2D eigenvalue weighted by Crippen LogP contribution is 2.25. The van der Waals surface area contributed by atoms with Gasteiger partial charge in [0.15, 0.2) is 0 Å². The lowest BCUT2D eigenvalue weighted by Gasteiger charge is -2.20. The van der Waals surface area contributed by atoms with E-state index < -0.39 is 0 Å². The quantitative estimate of drug-likeness (QED) is 0.748. The molecule has 0 spiro atoms. The van der Waals surface area contributed by atoms with Crippen LogP contribution in [-0.2, 0) is 9.59 Å². The van der Waals surface area contributed by atoms with Gasteiger partial charge in [-0.25, -0.2) is 0 Å². The van der Waals surface area contributed by atoms with Crippen molar-refractivity contribution in [3.8, 4) is 0 Å². The van der Waals surface area contributed by atoms with Gasteiger partial charge in [-0.2, -0.15) is 0 Å². The highest BCUT2D eigenvalue weighted by atomic mass is 35.5. The van der Waals surface area contributed by atoms with Gasteiger partial charge in [-0.15, -0.1) is 0 Å². The zero-order valence-corrected chi connectivity index (χ0v) is 16.8. The molecule has 5 nitrogen and oxygen atoms in total. The van der Waals surface area contributed by atoms with Crippen LogP contribution in [0.15, 0.2) is 54.6 Å². The first-order valence-corrected chi connectivity index (χ1v) is 9.98. The van der Waals surface area contributed by atoms with Crippen molar-refractivity contribution >= 4 is 29.1 Å². The molecule has 3 rings (SSSR count). The zero-order valence-electron chi connectivity index (χ0n) is 16.0. The van der Waals surface area contributed by atoms with Gasteiger partial charge in [0.1, 0.15) is 0 Å². The van der Waals surface area contributed by atoms with E-state index in [-0.39, 0.29) is 24.3 Å². The fourth-order valence-electron chi connectivity index (χ4n) is 3.58. The lowest BCUT2D eigenvalue weighted by molar-refractivity contribution is -0.122. The van der Waals surface area contributed by atoms with E-state index in [2.05, 4.69) is 15.5 Å². The van der Waals surface area contributed by atoms with Crippen LogP contribution in [0.1, 0.15) is 31.4 Å². The maximum atomic E-state index is 12.5. The number of carbonyl (C=O) groups is 2. The summed E-state index contributed by atoms with van der Waals surface area (Å²) in [4.78, 5) is 26.3. The number of halogens is 1. The second-order valence-corrected chi connectivity index (χ2v) is 7.69. The normalized spacial score (nSPS) is 17.2. The smallest absolute Gasteiger partial charge is 0.222 e. The molecule has 6 heteroatoms. The number of hydrogen-bond acceptors (Lipinski definition) is 3. The molecular formula is C22H26ClN3O2. The predicted octanol–water partition coefficient (Wildman–Crippen LogP) is 3.55. The third-order valence-corrected chi connectivity index (χ3v) is 5.29. The van der Waals surface area contributed by atoms with Crippen LogP contribution in [0.2, 0.25) is 5.02 Å². The molecular weight excluding hydrogens is 374 g/mol. The van der Waals surface area contributed by atoms with Gasteiger partial charge in [0.05, 0.1) is 12.5 Å². The average molecular weight is 400 g/mol. The van der Waals surface area contributed by atoms with Crippen molar-refractivity contribution in [3.05, 3.63) is 65.2 Å². The van der Waals surface area contributed by atoms with Crippen molar-refractivity contribution in [2.24, 2.45) is 5.92 Å². The van der Waals surface area contributed by atoms with Crippen molar-refractivity contribution in [1.29, 1.82) is 0 Å². The molecule has 2 unspecified atom stereocenters. The van der Waals surface area contributed by atoms with Crippen LogP contribution >= 0.6 is 11.6 Å². The number of nitrogens with one attached hydrogen (secondary N) is 2. The Kier molecular flexibility index (Phi) is 6.93. The number of hydrogen-bond donors (Lipinski definition) is 2. The fraction of sp³-hybridized carbons (Fsp3) is 0.364. The van der Waals surface area contributed by atoms with E-state index in [0.717, 1.165) is 35.8 Å². The molecule has 2 N–H and O–H groups in total. The minimum atomic E-state index is -0.312. The van der Waals surface area contributed by atoms with Crippen molar-refractivity contribution in [2.75, 3.05) is 24.5 Å². The Bertz CT molecular complexity index is 795. The summed E-state index contributed by atoms with van der Waals surface area (Å²) in [6.07, 6.45) is 1.27. The number of rotatable bonds is 7. The van der Waals surface area contributed by atoms with Crippen molar-refractivity contribution in [1.82, 2.24) is 10.6 Å². The van der Waals surface area contributed by atoms with Crippen LogP contribution in [-0.4, -0.2) is 31.4 Å². The van der Waals surface area contributed by atoms with Crippen LogP contribution in [0.3, 0.4) is 0 Å². The summed E-state index contributed by atoms with van der Waals surface area (Å²) in [6, 6.07) is 17.1. The second-order valence-electron chi connectivity index (χ2n) is 7.25. The highest BCUT2D eigenvalue weighted by molar-refractivity contribution is 6.30. The molecule has 2 aromatic rings. The Morgan fingerprint density at radius 3 is 2.54 bits per heavy atom. The van der Waals surface area contributed by atoms with Crippen LogP contribution < -0.4 is 15.5 Å². The zero-order chi connectivity index (χ0) is 19.9. The van der Waals surface area contributed by atoms with E-state index in [1.165, 1.54) is 6.92 Å². The molecule has 1 aliphatic rings. The Hall–Kier alpha value is -2.53. The molecule has 0 aromatic heterocycles. The van der Waals surface area contributed by atoms with Gasteiger partial charge in [0.25, 0.3) is 0 Å². The average Bonchev–Trinajstić information content (AvgIpc) is 3.16. The summed E-state index contributed by atoms with van der Waals surface area (Å²) in [5.41, 5.74) is 2.09. The summed E-state index contributed by atoms with van der Waals surface area (Å²) in [6.45, 7) is 4.00. The maximum Gasteiger partial charge on any atom is 0.222 e. The van der Waals surface area contributed by atoms with Gasteiger partial charge < -0.3 is 15.5 Å². The molecule has 1 saturated heterocycles. The topological polar surface area (TPSA) is 61.4 Å². The SMILES string of the molecule is CC(=O)NC(CC(=O)NCC1CCN(c2ccc(Cl)cc2)C1)c1ccccc1. The molecule has 1 heterocycles. The molecule has 2 amide bonds. The molecule has 0 bridgehead atoms. The predicted molar refractivity (Wildman–Crippen MR) is 112 cm³/mol. The largest absolute Gasteiger partial charge is 0.371 e. The Morgan fingerprint density at radius 2 is 1.86 bits per heavy atom. The number of carbonyl (C=O) groups excluding carboxylic acids is 2. The fourth-order valence-corrected chi connectivity index (χ4v) is 3.71. The monoisotopic (exact) mass is 399 g/mol. The van der Waals surface area contributed by atoms with E-state index in [0.29, 0.717) is 12.5 Å². The van der Waals surface area contributed by atoms with Gasteiger partial charge in [0.2, 0.25) is 11.8 Å². The van der Waals surface area contributed by atoms with E-state index in [1.807, 2.05) is 54.6 Å². The number of nitrogens with zero attached hydrogens (tertiary/aromatic N) is 1. The first kappa shape index (κ1) is 20.2. The molecule has 0 aliphatic carbocycles. The van der Waals surface area contributed by atoms with E-state index in [1.54, 1.807) is 0 Å². The summed E-state index contributed by atoms with van der Waals surface area (Å²) in [5.74, 6) is 0.221. The van der Waals surface area contributed by atoms with Crippen LogP contribution in [0.4, 0.5) is 5.69 Å². The highest BCUT2D eigenvalue weighted by Gasteiger charge is 2.24. The maximum absolute atomic E-state index is 12.5. The third-order valence-electron chi connectivity index (χ3n) is 5.03. The Morgan fingerprint density at radius 1 is 1.14 bits per heavy atom. The second kappa shape index (κ2) is 9.60. The van der Waals surface area contributed by atoms with Crippen LogP contribution in [0.5, 0.6) is 0 Å². The van der Waals surface area contributed by atoms with E-state index >= 15 is 0 Å². The van der Waals surface area contributed by atoms with E-state index in [4.69, 9.17) is 11.6 Å². The van der Waals surface area contributed by atoms with Crippen LogP contribution in [0.25, 0.3) is 0 Å². The number of benzene rings is 2.